The maximum atomic E-state index is 9.66. The molecule has 0 amide bonds. The van der Waals surface area contributed by atoms with E-state index in [0.29, 0.717) is 11.7 Å². The minimum absolute atomic E-state index is 0. The lowest BCUT2D eigenvalue weighted by Crippen LogP contribution is -2.35. The van der Waals surface area contributed by atoms with E-state index in [1.807, 2.05) is 12.1 Å². The molecule has 1 aliphatic carbocycles. The maximum absolute atomic E-state index is 9.66. The SMILES string of the molecule is Br.CCCN1CCC2c3cc(O)ccc3CCC21. The van der Waals surface area contributed by atoms with E-state index in [4.69, 9.17) is 0 Å². The second-order valence-electron chi connectivity index (χ2n) is 5.42. The van der Waals surface area contributed by atoms with Gasteiger partial charge in [0.1, 0.15) is 5.75 Å². The van der Waals surface area contributed by atoms with Crippen molar-refractivity contribution in [2.24, 2.45) is 0 Å². The molecule has 2 unspecified atom stereocenters. The van der Waals surface area contributed by atoms with Gasteiger partial charge >= 0.3 is 0 Å². The number of benzene rings is 1. The first-order valence-electron chi connectivity index (χ1n) is 6.85. The molecule has 1 aromatic rings. The van der Waals surface area contributed by atoms with Crippen molar-refractivity contribution in [1.29, 1.82) is 0 Å². The summed E-state index contributed by atoms with van der Waals surface area (Å²) >= 11 is 0. The van der Waals surface area contributed by atoms with E-state index in [2.05, 4.69) is 17.9 Å². The molecule has 100 valence electrons. The number of likely N-dealkylation sites (tertiary alicyclic amines) is 1. The lowest BCUT2D eigenvalue weighted by molar-refractivity contribution is 0.227. The van der Waals surface area contributed by atoms with Gasteiger partial charge in [0.15, 0.2) is 0 Å². The highest BCUT2D eigenvalue weighted by atomic mass is 79.9. The second-order valence-corrected chi connectivity index (χ2v) is 5.42. The number of fused-ring (bicyclic) bond motifs is 3. The molecule has 0 spiro atoms. The first-order valence-corrected chi connectivity index (χ1v) is 6.85. The number of aryl methyl sites for hydroxylation is 1. The lowest BCUT2D eigenvalue weighted by atomic mass is 9.79. The Labute approximate surface area is 120 Å². The van der Waals surface area contributed by atoms with Gasteiger partial charge in [-0.15, -0.1) is 17.0 Å². The molecule has 3 rings (SSSR count). The quantitative estimate of drug-likeness (QED) is 0.904. The van der Waals surface area contributed by atoms with Crippen LogP contribution in [0.1, 0.15) is 43.2 Å². The van der Waals surface area contributed by atoms with Crippen LogP contribution in [0.2, 0.25) is 0 Å². The third-order valence-corrected chi connectivity index (χ3v) is 4.41. The molecule has 1 fully saturated rings. The highest BCUT2D eigenvalue weighted by Crippen LogP contribution is 2.42. The molecule has 0 saturated carbocycles. The van der Waals surface area contributed by atoms with Crippen LogP contribution in [0.4, 0.5) is 0 Å². The third-order valence-electron chi connectivity index (χ3n) is 4.41. The number of hydrogen-bond donors (Lipinski definition) is 1. The van der Waals surface area contributed by atoms with Crippen LogP contribution in [0.25, 0.3) is 0 Å². The fraction of sp³-hybridized carbons (Fsp3) is 0.600. The molecule has 2 nitrogen and oxygen atoms in total. The van der Waals surface area contributed by atoms with Crippen molar-refractivity contribution in [3.63, 3.8) is 0 Å². The van der Waals surface area contributed by atoms with Gasteiger partial charge in [-0.25, -0.2) is 0 Å². The zero-order valence-corrected chi connectivity index (χ0v) is 12.6. The summed E-state index contributed by atoms with van der Waals surface area (Å²) in [6.07, 6.45) is 4.98. The summed E-state index contributed by atoms with van der Waals surface area (Å²) in [5.41, 5.74) is 2.88. The van der Waals surface area contributed by atoms with E-state index in [0.717, 1.165) is 6.04 Å². The van der Waals surface area contributed by atoms with Gasteiger partial charge in [-0.3, -0.25) is 4.90 Å². The van der Waals surface area contributed by atoms with Gasteiger partial charge in [0, 0.05) is 12.0 Å². The Hall–Kier alpha value is -0.540. The largest absolute Gasteiger partial charge is 0.508 e. The van der Waals surface area contributed by atoms with Crippen LogP contribution in [-0.2, 0) is 6.42 Å². The smallest absolute Gasteiger partial charge is 0.115 e. The Balaban J connectivity index is 0.00000120. The van der Waals surface area contributed by atoms with Crippen LogP contribution in [0, 0.1) is 0 Å². The first-order chi connectivity index (χ1) is 8.29. The van der Waals surface area contributed by atoms with Crippen molar-refractivity contribution >= 4 is 17.0 Å². The van der Waals surface area contributed by atoms with Crippen LogP contribution in [0.5, 0.6) is 5.75 Å². The number of halogens is 1. The normalized spacial score (nSPS) is 26.3. The van der Waals surface area contributed by atoms with Crippen LogP contribution in [0.15, 0.2) is 18.2 Å². The third kappa shape index (κ3) is 2.30. The molecule has 18 heavy (non-hydrogen) atoms. The van der Waals surface area contributed by atoms with Crippen LogP contribution >= 0.6 is 17.0 Å². The molecule has 0 aromatic heterocycles. The van der Waals surface area contributed by atoms with E-state index >= 15 is 0 Å². The summed E-state index contributed by atoms with van der Waals surface area (Å²) in [4.78, 5) is 2.65. The Kier molecular flexibility index (Phi) is 4.33. The molecule has 1 aromatic carbocycles. The zero-order chi connectivity index (χ0) is 11.8. The van der Waals surface area contributed by atoms with E-state index < -0.39 is 0 Å². The first kappa shape index (κ1) is 13.9. The topological polar surface area (TPSA) is 23.5 Å². The van der Waals surface area contributed by atoms with E-state index in [1.54, 1.807) is 0 Å². The fourth-order valence-corrected chi connectivity index (χ4v) is 3.69. The fourth-order valence-electron chi connectivity index (χ4n) is 3.69. The van der Waals surface area contributed by atoms with Gasteiger partial charge in [-0.1, -0.05) is 13.0 Å². The average molecular weight is 312 g/mol. The van der Waals surface area contributed by atoms with Crippen molar-refractivity contribution in [2.45, 2.75) is 44.6 Å². The Morgan fingerprint density at radius 3 is 2.94 bits per heavy atom. The van der Waals surface area contributed by atoms with Gasteiger partial charge < -0.3 is 5.11 Å². The molecule has 0 bridgehead atoms. The van der Waals surface area contributed by atoms with Crippen molar-refractivity contribution in [3.8, 4) is 5.75 Å². The predicted molar refractivity (Wildman–Crippen MR) is 79.8 cm³/mol. The number of phenols is 1. The monoisotopic (exact) mass is 311 g/mol. The summed E-state index contributed by atoms with van der Waals surface area (Å²) in [6, 6.07) is 6.67. The molecule has 1 saturated heterocycles. The molecular weight excluding hydrogens is 290 g/mol. The number of rotatable bonds is 2. The van der Waals surface area contributed by atoms with Crippen molar-refractivity contribution < 1.29 is 5.11 Å². The molecule has 1 N–H and O–H groups in total. The maximum Gasteiger partial charge on any atom is 0.115 e. The minimum Gasteiger partial charge on any atom is -0.508 e. The molecule has 1 heterocycles. The highest BCUT2D eigenvalue weighted by molar-refractivity contribution is 8.93. The Bertz CT molecular complexity index is 421. The van der Waals surface area contributed by atoms with E-state index in [9.17, 15) is 5.11 Å². The highest BCUT2D eigenvalue weighted by Gasteiger charge is 2.37. The molecule has 2 atom stereocenters. The lowest BCUT2D eigenvalue weighted by Gasteiger charge is -2.33. The zero-order valence-electron chi connectivity index (χ0n) is 10.9. The van der Waals surface area contributed by atoms with Crippen molar-refractivity contribution in [1.82, 2.24) is 4.90 Å². The van der Waals surface area contributed by atoms with Crippen LogP contribution in [0.3, 0.4) is 0 Å². The molecular formula is C15H22BrNO. The summed E-state index contributed by atoms with van der Waals surface area (Å²) in [5, 5.41) is 9.66. The summed E-state index contributed by atoms with van der Waals surface area (Å²) in [5.74, 6) is 1.09. The van der Waals surface area contributed by atoms with E-state index in [1.165, 1.54) is 49.9 Å². The van der Waals surface area contributed by atoms with Crippen LogP contribution in [-0.4, -0.2) is 29.1 Å². The van der Waals surface area contributed by atoms with Gasteiger partial charge in [0.05, 0.1) is 0 Å². The summed E-state index contributed by atoms with van der Waals surface area (Å²) < 4.78 is 0. The number of hydrogen-bond acceptors (Lipinski definition) is 2. The van der Waals surface area contributed by atoms with Gasteiger partial charge in [-0.05, 0) is 62.0 Å². The van der Waals surface area contributed by atoms with Crippen LogP contribution < -0.4 is 0 Å². The molecule has 3 heteroatoms. The second kappa shape index (κ2) is 5.62. The number of nitrogens with zero attached hydrogens (tertiary/aromatic N) is 1. The molecule has 0 radical (unpaired) electrons. The van der Waals surface area contributed by atoms with Gasteiger partial charge in [-0.2, -0.15) is 0 Å². The molecule has 2 aliphatic rings. The van der Waals surface area contributed by atoms with E-state index in [-0.39, 0.29) is 17.0 Å². The number of aromatic hydroxyl groups is 1. The summed E-state index contributed by atoms with van der Waals surface area (Å²) in [7, 11) is 0. The minimum atomic E-state index is 0. The predicted octanol–water partition coefficient (Wildman–Crippen LogP) is 3.48. The standard InChI is InChI=1S/C15H21NO.BrH/c1-2-8-16-9-7-13-14-10-12(17)5-3-11(14)4-6-15(13)16;/h3,5,10,13,15,17H,2,4,6-9H2,1H3;1H. The summed E-state index contributed by atoms with van der Waals surface area (Å²) in [6.45, 7) is 4.73. The Morgan fingerprint density at radius 2 is 2.17 bits per heavy atom. The average Bonchev–Trinajstić information content (AvgIpc) is 2.73. The van der Waals surface area contributed by atoms with Gasteiger partial charge in [0.2, 0.25) is 0 Å². The van der Waals surface area contributed by atoms with Crippen molar-refractivity contribution in [2.75, 3.05) is 13.1 Å². The Morgan fingerprint density at radius 1 is 1.33 bits per heavy atom. The molecule has 1 aliphatic heterocycles. The van der Waals surface area contributed by atoms with Crippen molar-refractivity contribution in [3.05, 3.63) is 29.3 Å². The van der Waals surface area contributed by atoms with Gasteiger partial charge in [0.25, 0.3) is 0 Å². The number of phenolic OH excluding ortho intramolecular Hbond substituents is 1.